The van der Waals surface area contributed by atoms with Gasteiger partial charge in [0.05, 0.1) is 80.4 Å². The fourth-order valence-electron chi connectivity index (χ4n) is 11.0. The maximum absolute atomic E-state index is 15.5. The first-order chi connectivity index (χ1) is 40.7. The van der Waals surface area contributed by atoms with Crippen LogP contribution in [-0.2, 0) is 98.5 Å². The highest BCUT2D eigenvalue weighted by Gasteiger charge is 2.46. The lowest BCUT2D eigenvalue weighted by atomic mass is 9.81. The maximum atomic E-state index is 15.5. The highest BCUT2D eigenvalue weighted by Crippen LogP contribution is 2.46. The molecule has 0 fully saturated rings. The molecule has 5 heterocycles. The normalized spacial score (nSPS) is 17.1. The number of Topliss-reactive ketones (excluding diaryl/α,β-unsaturated/α-hetero) is 3. The number of hydrogen-bond acceptors (Lipinski definition) is 17. The summed E-state index contributed by atoms with van der Waals surface area (Å²) in [5.74, 6) is -8.77. The lowest BCUT2D eigenvalue weighted by molar-refractivity contribution is -0.172. The van der Waals surface area contributed by atoms with E-state index in [-0.39, 0.29) is 107 Å². The zero-order chi connectivity index (χ0) is 61.1. The van der Waals surface area contributed by atoms with Gasteiger partial charge >= 0.3 is 11.9 Å². The minimum absolute atomic E-state index is 0.00966. The number of hydrogen-bond donors (Lipinski definition) is 6. The molecule has 4 atom stereocenters. The van der Waals surface area contributed by atoms with Crippen molar-refractivity contribution in [3.8, 4) is 11.4 Å². The van der Waals surface area contributed by atoms with Gasteiger partial charge in [0, 0.05) is 92.3 Å². The Hall–Kier alpha value is -8.68. The lowest BCUT2D eigenvalue weighted by Crippen LogP contribution is -2.44. The fourth-order valence-corrected chi connectivity index (χ4v) is 11.0. The van der Waals surface area contributed by atoms with E-state index in [9.17, 15) is 67.7 Å². The number of aliphatic hydroxyl groups is 1. The number of fused-ring (bicyclic) bond motifs is 5. The summed E-state index contributed by atoms with van der Waals surface area (Å²) >= 11 is 0. The topological polar surface area (TPSA) is 342 Å². The Bertz CT molecular complexity index is 3440. The highest BCUT2D eigenvalue weighted by molar-refractivity contribution is 6.13. The molecule has 0 radical (unpaired) electrons. The van der Waals surface area contributed by atoms with Gasteiger partial charge in [-0.1, -0.05) is 37.3 Å². The third-order valence-electron chi connectivity index (χ3n) is 15.6. The van der Waals surface area contributed by atoms with Gasteiger partial charge in [-0.3, -0.25) is 57.6 Å². The summed E-state index contributed by atoms with van der Waals surface area (Å²) in [4.78, 5) is 159. The second-order valence-electron chi connectivity index (χ2n) is 21.3. The number of ketones is 3. The molecule has 3 aliphatic heterocycles. The van der Waals surface area contributed by atoms with Crippen molar-refractivity contribution >= 4 is 75.6 Å². The number of amides is 6. The number of ether oxygens (including phenoxy) is 3. The number of aliphatic carboxylic acids is 1. The molecule has 0 bridgehead atoms. The summed E-state index contributed by atoms with van der Waals surface area (Å²) in [5.41, 5.74) is 1.53. The van der Waals surface area contributed by atoms with E-state index in [2.05, 4.69) is 21.3 Å². The number of nitrogens with zero attached hydrogens (tertiary/aromatic N) is 3. The molecule has 0 unspecified atom stereocenters. The number of nitrogens with one attached hydrogen (secondary N) is 4. The summed E-state index contributed by atoms with van der Waals surface area (Å²) in [6, 6.07) is 9.47. The van der Waals surface area contributed by atoms with E-state index in [1.165, 1.54) is 10.6 Å². The highest BCUT2D eigenvalue weighted by atomic mass is 19.1. The molecule has 4 aromatic rings. The molecule has 24 nitrogen and oxygen atoms in total. The second kappa shape index (κ2) is 27.8. The molecule has 8 rings (SSSR count). The van der Waals surface area contributed by atoms with Gasteiger partial charge in [-0.2, -0.15) is 0 Å². The number of aromatic nitrogens is 2. The molecule has 2 aromatic carbocycles. The first-order valence-corrected chi connectivity index (χ1v) is 28.1. The molecule has 0 saturated heterocycles. The molecule has 85 heavy (non-hydrogen) atoms. The van der Waals surface area contributed by atoms with Crippen molar-refractivity contribution < 1.29 is 81.6 Å². The number of rotatable bonds is 31. The Morgan fingerprint density at radius 3 is 2.27 bits per heavy atom. The molecule has 450 valence electrons. The number of halogens is 1. The van der Waals surface area contributed by atoms with Crippen LogP contribution in [0.5, 0.6) is 0 Å². The van der Waals surface area contributed by atoms with Gasteiger partial charge in [0.1, 0.15) is 18.2 Å². The van der Waals surface area contributed by atoms with Gasteiger partial charge in [-0.05, 0) is 67.3 Å². The van der Waals surface area contributed by atoms with E-state index >= 15 is 4.39 Å². The van der Waals surface area contributed by atoms with Crippen LogP contribution in [0.2, 0.25) is 0 Å². The smallest absolute Gasteiger partial charge is 0.343 e. The van der Waals surface area contributed by atoms with Gasteiger partial charge in [0.25, 0.3) is 17.4 Å². The van der Waals surface area contributed by atoms with E-state index in [4.69, 9.17) is 19.2 Å². The van der Waals surface area contributed by atoms with E-state index in [0.29, 0.717) is 63.9 Å². The first kappa shape index (κ1) is 62.4. The predicted molar refractivity (Wildman–Crippen MR) is 297 cm³/mol. The summed E-state index contributed by atoms with van der Waals surface area (Å²) < 4.78 is 33.0. The van der Waals surface area contributed by atoms with Gasteiger partial charge < -0.3 is 50.3 Å². The minimum atomic E-state index is -2.08. The Morgan fingerprint density at radius 2 is 1.55 bits per heavy atom. The molecule has 0 spiro atoms. The van der Waals surface area contributed by atoms with Crippen LogP contribution in [0.1, 0.15) is 116 Å². The summed E-state index contributed by atoms with van der Waals surface area (Å²) in [7, 11) is 0. The van der Waals surface area contributed by atoms with Gasteiger partial charge in [0.2, 0.25) is 23.6 Å². The standard InChI is InChI=1S/C60H66FN7O17/c1-3-60(82)41-26-46-56-39(31-68(46)58(80)40(41)32-85-59(60)81)55-43(12-11-38-33(2)42(61)27-45(66-56)54(38)55)64-50(74)30-63-57(79)35(24-34-8-5-4-6-9-34)25-37(70)29-62-48(72)14-13-47(71)44(28-53(77)78)65-49(73)18-21-84-23-22-83-20-7-10-36(69)17-19-67-51(75)15-16-52(67)76/h4-6,8-9,15-16,26-27,35,43-44,82H,3,7,10-14,17-25,28-32H2,1-2H3,(H,62,72)(H,63,79)(H,64,74)(H,65,73)(H,77,78)/t35-,43+,44+,60+/m1/s1. The molecular weight excluding hydrogens is 1110 g/mol. The number of carbonyl (C=O) groups is 11. The zero-order valence-electron chi connectivity index (χ0n) is 47.0. The van der Waals surface area contributed by atoms with E-state index in [0.717, 1.165) is 17.1 Å². The molecule has 4 aliphatic rings. The number of pyridine rings is 2. The SMILES string of the molecule is CC[C@@]1(O)C(=O)OCc2c1cc1n(c2=O)Cc2c-1nc1cc(F)c(C)c3c1c2[C@@H](NC(=O)CNC(=O)[C@@H](CC(=O)CNC(=O)CCC(=O)[C@H](CC(=O)O)NC(=O)CCOCCOCCCC(=O)CCN1C(=O)C=CC1=O)Cc1ccccc1)CC3. The van der Waals surface area contributed by atoms with Crippen molar-refractivity contribution in [3.05, 3.63) is 110 Å². The van der Waals surface area contributed by atoms with Gasteiger partial charge in [-0.15, -0.1) is 0 Å². The predicted octanol–water partition coefficient (Wildman–Crippen LogP) is 2.08. The Kier molecular flexibility index (Phi) is 20.4. The number of aryl methyl sites for hydroxylation is 1. The fraction of sp³-hybridized carbons (Fsp3) is 0.450. The maximum Gasteiger partial charge on any atom is 0.343 e. The zero-order valence-corrected chi connectivity index (χ0v) is 47.0. The minimum Gasteiger partial charge on any atom is -0.481 e. The summed E-state index contributed by atoms with van der Waals surface area (Å²) in [5, 5.41) is 31.9. The summed E-state index contributed by atoms with van der Waals surface area (Å²) in [6.45, 7) is 2.26. The van der Waals surface area contributed by atoms with E-state index in [1.54, 1.807) is 50.2 Å². The molecule has 1 aliphatic carbocycles. The third-order valence-corrected chi connectivity index (χ3v) is 15.6. The van der Waals surface area contributed by atoms with Gasteiger partial charge in [-0.25, -0.2) is 14.2 Å². The van der Waals surface area contributed by atoms with Crippen molar-refractivity contribution in [1.82, 2.24) is 35.7 Å². The van der Waals surface area contributed by atoms with Crippen molar-refractivity contribution in [2.24, 2.45) is 5.92 Å². The van der Waals surface area contributed by atoms with Crippen LogP contribution >= 0.6 is 0 Å². The van der Waals surface area contributed by atoms with Crippen LogP contribution in [0, 0.1) is 18.7 Å². The van der Waals surface area contributed by atoms with Crippen molar-refractivity contribution in [3.63, 3.8) is 0 Å². The third kappa shape index (κ3) is 14.8. The van der Waals surface area contributed by atoms with E-state index in [1.807, 2.05) is 0 Å². The van der Waals surface area contributed by atoms with Crippen molar-refractivity contribution in [1.29, 1.82) is 0 Å². The Balaban J connectivity index is 0.801. The van der Waals surface area contributed by atoms with E-state index < -0.39 is 126 Å². The monoisotopic (exact) mass is 1180 g/mol. The molecule has 0 saturated carbocycles. The Labute approximate surface area is 486 Å². The van der Waals surface area contributed by atoms with Crippen molar-refractivity contribution in [2.45, 2.75) is 122 Å². The van der Waals surface area contributed by atoms with Crippen LogP contribution in [0.15, 0.2) is 59.4 Å². The number of benzene rings is 2. The largest absolute Gasteiger partial charge is 0.481 e. The molecule has 6 amide bonds. The first-order valence-electron chi connectivity index (χ1n) is 28.1. The van der Waals surface area contributed by atoms with Crippen LogP contribution in [-0.4, -0.2) is 141 Å². The second-order valence-corrected chi connectivity index (χ2v) is 21.3. The van der Waals surface area contributed by atoms with Crippen LogP contribution in [0.4, 0.5) is 4.39 Å². The van der Waals surface area contributed by atoms with Gasteiger partial charge in [0.15, 0.2) is 17.2 Å². The van der Waals surface area contributed by atoms with Crippen LogP contribution in [0.3, 0.4) is 0 Å². The Morgan fingerprint density at radius 1 is 0.824 bits per heavy atom. The quantitative estimate of drug-likeness (QED) is 0.0210. The number of esters is 1. The number of carboxylic acid groups (broad SMARTS) is 1. The summed E-state index contributed by atoms with van der Waals surface area (Å²) in [6.07, 6.45) is 1.31. The van der Waals surface area contributed by atoms with Crippen molar-refractivity contribution in [2.75, 3.05) is 46.1 Å². The number of carboxylic acids is 1. The molecular formula is C60H66FN7O17. The number of carbonyl (C=O) groups excluding carboxylic acids is 10. The average Bonchev–Trinajstić information content (AvgIpc) is 1.69. The molecule has 2 aromatic heterocycles. The molecule has 25 heteroatoms. The number of imide groups is 1. The average molecular weight is 1180 g/mol. The number of cyclic esters (lactones) is 1. The van der Waals surface area contributed by atoms with Crippen LogP contribution in [0.25, 0.3) is 22.3 Å². The molecule has 6 N–H and O–H groups in total. The van der Waals surface area contributed by atoms with Crippen LogP contribution < -0.4 is 26.8 Å². The lowest BCUT2D eigenvalue weighted by Gasteiger charge is -2.31.